The Labute approximate surface area is 169 Å². The largest absolute Gasteiger partial charge is 0.349 e. The van der Waals surface area contributed by atoms with E-state index in [9.17, 15) is 9.59 Å². The normalized spacial score (nSPS) is 12.5. The summed E-state index contributed by atoms with van der Waals surface area (Å²) in [6.45, 7) is 8.56. The van der Waals surface area contributed by atoms with Crippen molar-refractivity contribution in [1.82, 2.24) is 14.9 Å². The van der Waals surface area contributed by atoms with Gasteiger partial charge in [-0.05, 0) is 37.3 Å². The Morgan fingerprint density at radius 1 is 1.21 bits per heavy atom. The van der Waals surface area contributed by atoms with E-state index in [1.54, 1.807) is 10.9 Å². The van der Waals surface area contributed by atoms with Crippen molar-refractivity contribution >= 4 is 27.5 Å². The Balaban J connectivity index is 1.71. The summed E-state index contributed by atoms with van der Waals surface area (Å²) < 4.78 is 1.54. The molecule has 5 nitrogen and oxygen atoms in total. The van der Waals surface area contributed by atoms with Crippen LogP contribution in [-0.4, -0.2) is 15.5 Å². The van der Waals surface area contributed by atoms with Gasteiger partial charge in [-0.15, -0.1) is 11.3 Å². The molecule has 1 aromatic carbocycles. The van der Waals surface area contributed by atoms with E-state index in [1.807, 2.05) is 44.2 Å². The molecule has 148 valence electrons. The minimum Gasteiger partial charge on any atom is -0.349 e. The topological polar surface area (TPSA) is 64.0 Å². The number of nitrogens with zero attached hydrogens (tertiary/aromatic N) is 2. The molecule has 0 bridgehead atoms. The van der Waals surface area contributed by atoms with Crippen LogP contribution in [0.3, 0.4) is 0 Å². The van der Waals surface area contributed by atoms with Crippen molar-refractivity contribution in [3.8, 4) is 0 Å². The van der Waals surface area contributed by atoms with E-state index in [0.29, 0.717) is 17.8 Å². The third kappa shape index (κ3) is 4.50. The van der Waals surface area contributed by atoms with Crippen molar-refractivity contribution in [1.29, 1.82) is 0 Å². The fourth-order valence-electron chi connectivity index (χ4n) is 3.35. The van der Waals surface area contributed by atoms with Gasteiger partial charge in [0.1, 0.15) is 4.83 Å². The number of amides is 1. The Bertz CT molecular complexity index is 1020. The molecule has 0 radical (unpaired) electrons. The van der Waals surface area contributed by atoms with Gasteiger partial charge in [0.2, 0.25) is 5.91 Å². The maximum absolute atomic E-state index is 12.8. The SMILES string of the molecule is Cc1sc2ncn(CCC(=O)N[C@H](CC(C)C)c3ccccc3)c(=O)c2c1C. The van der Waals surface area contributed by atoms with E-state index in [0.717, 1.165) is 27.3 Å². The first-order valence-electron chi connectivity index (χ1n) is 9.66. The maximum Gasteiger partial charge on any atom is 0.262 e. The van der Waals surface area contributed by atoms with Crippen molar-refractivity contribution in [3.05, 3.63) is 63.0 Å². The third-order valence-corrected chi connectivity index (χ3v) is 6.10. The molecular weight excluding hydrogens is 370 g/mol. The second kappa shape index (κ2) is 8.69. The molecule has 2 aromatic heterocycles. The second-order valence-electron chi connectivity index (χ2n) is 7.62. The van der Waals surface area contributed by atoms with Crippen LogP contribution in [0.5, 0.6) is 0 Å². The van der Waals surface area contributed by atoms with Gasteiger partial charge >= 0.3 is 0 Å². The van der Waals surface area contributed by atoms with E-state index in [1.165, 1.54) is 11.3 Å². The van der Waals surface area contributed by atoms with Crippen molar-refractivity contribution in [2.75, 3.05) is 0 Å². The molecule has 28 heavy (non-hydrogen) atoms. The van der Waals surface area contributed by atoms with Crippen LogP contribution in [0.4, 0.5) is 0 Å². The Morgan fingerprint density at radius 2 is 1.93 bits per heavy atom. The fourth-order valence-corrected chi connectivity index (χ4v) is 4.34. The zero-order chi connectivity index (χ0) is 20.3. The highest BCUT2D eigenvalue weighted by molar-refractivity contribution is 7.18. The zero-order valence-corrected chi connectivity index (χ0v) is 17.7. The summed E-state index contributed by atoms with van der Waals surface area (Å²) in [5, 5.41) is 3.81. The second-order valence-corrected chi connectivity index (χ2v) is 8.82. The van der Waals surface area contributed by atoms with Gasteiger partial charge < -0.3 is 5.32 Å². The van der Waals surface area contributed by atoms with Crippen LogP contribution < -0.4 is 10.9 Å². The highest BCUT2D eigenvalue weighted by atomic mass is 32.1. The van der Waals surface area contributed by atoms with Gasteiger partial charge in [-0.25, -0.2) is 4.98 Å². The summed E-state index contributed by atoms with van der Waals surface area (Å²) in [7, 11) is 0. The first-order chi connectivity index (χ1) is 13.4. The highest BCUT2D eigenvalue weighted by Crippen LogP contribution is 2.25. The molecule has 2 heterocycles. The summed E-state index contributed by atoms with van der Waals surface area (Å²) in [5.74, 6) is 0.407. The fraction of sp³-hybridized carbons (Fsp3) is 0.409. The van der Waals surface area contributed by atoms with Crippen LogP contribution in [0.15, 0.2) is 41.5 Å². The van der Waals surface area contributed by atoms with Gasteiger partial charge in [-0.2, -0.15) is 0 Å². The Kier molecular flexibility index (Phi) is 6.29. The number of carbonyl (C=O) groups is 1. The van der Waals surface area contributed by atoms with Gasteiger partial charge in [-0.3, -0.25) is 14.2 Å². The molecule has 3 rings (SSSR count). The van der Waals surface area contributed by atoms with Crippen LogP contribution in [0.1, 0.15) is 48.7 Å². The summed E-state index contributed by atoms with van der Waals surface area (Å²) in [5.41, 5.74) is 2.02. The molecule has 0 aliphatic carbocycles. The lowest BCUT2D eigenvalue weighted by atomic mass is 9.97. The molecule has 0 aliphatic rings. The lowest BCUT2D eigenvalue weighted by Crippen LogP contribution is -2.31. The number of benzene rings is 1. The molecule has 1 amide bonds. The summed E-state index contributed by atoms with van der Waals surface area (Å²) in [6, 6.07) is 10.0. The first-order valence-corrected chi connectivity index (χ1v) is 10.5. The predicted molar refractivity (Wildman–Crippen MR) is 115 cm³/mol. The number of fused-ring (bicyclic) bond motifs is 1. The summed E-state index contributed by atoms with van der Waals surface area (Å²) in [4.78, 5) is 31.6. The molecule has 1 atom stereocenters. The predicted octanol–water partition coefficient (Wildman–Crippen LogP) is 4.37. The average molecular weight is 398 g/mol. The average Bonchev–Trinajstić information content (AvgIpc) is 2.96. The zero-order valence-electron chi connectivity index (χ0n) is 16.9. The van der Waals surface area contributed by atoms with Crippen LogP contribution in [-0.2, 0) is 11.3 Å². The molecule has 0 spiro atoms. The van der Waals surface area contributed by atoms with E-state index < -0.39 is 0 Å². The van der Waals surface area contributed by atoms with Gasteiger partial charge in [-0.1, -0.05) is 44.2 Å². The van der Waals surface area contributed by atoms with E-state index in [4.69, 9.17) is 0 Å². The molecule has 6 heteroatoms. The number of hydrogen-bond acceptors (Lipinski definition) is 4. The number of nitrogens with one attached hydrogen (secondary N) is 1. The quantitative estimate of drug-likeness (QED) is 0.644. The monoisotopic (exact) mass is 397 g/mol. The molecule has 0 aliphatic heterocycles. The molecule has 0 saturated carbocycles. The molecule has 3 aromatic rings. The van der Waals surface area contributed by atoms with E-state index >= 15 is 0 Å². The lowest BCUT2D eigenvalue weighted by molar-refractivity contribution is -0.122. The Hall–Kier alpha value is -2.47. The maximum atomic E-state index is 12.8. The van der Waals surface area contributed by atoms with Gasteiger partial charge in [0.15, 0.2) is 0 Å². The van der Waals surface area contributed by atoms with Crippen LogP contribution in [0, 0.1) is 19.8 Å². The number of thiophene rings is 1. The van der Waals surface area contributed by atoms with Gasteiger partial charge in [0, 0.05) is 17.8 Å². The van der Waals surface area contributed by atoms with Crippen molar-refractivity contribution in [2.24, 2.45) is 5.92 Å². The van der Waals surface area contributed by atoms with Crippen molar-refractivity contribution in [2.45, 2.75) is 53.1 Å². The first kappa shape index (κ1) is 20.3. The lowest BCUT2D eigenvalue weighted by Gasteiger charge is -2.21. The van der Waals surface area contributed by atoms with Crippen LogP contribution in [0.2, 0.25) is 0 Å². The van der Waals surface area contributed by atoms with Crippen LogP contribution >= 0.6 is 11.3 Å². The number of aromatic nitrogens is 2. The van der Waals surface area contributed by atoms with Crippen LogP contribution in [0.25, 0.3) is 10.2 Å². The molecule has 0 saturated heterocycles. The summed E-state index contributed by atoms with van der Waals surface area (Å²) >= 11 is 1.53. The number of hydrogen-bond donors (Lipinski definition) is 1. The Morgan fingerprint density at radius 3 is 2.61 bits per heavy atom. The van der Waals surface area contributed by atoms with Crippen molar-refractivity contribution in [3.63, 3.8) is 0 Å². The van der Waals surface area contributed by atoms with Gasteiger partial charge in [0.05, 0.1) is 17.8 Å². The smallest absolute Gasteiger partial charge is 0.262 e. The molecule has 0 unspecified atom stereocenters. The number of aryl methyl sites for hydroxylation is 3. The molecular formula is C22H27N3O2S. The molecule has 1 N–H and O–H groups in total. The number of rotatable bonds is 7. The minimum absolute atomic E-state index is 0.0206. The standard InChI is InChI=1S/C22H27N3O2S/c1-14(2)12-18(17-8-6-5-7-9-17)24-19(26)10-11-25-13-23-21-20(22(25)27)15(3)16(4)28-21/h5-9,13-14,18H,10-12H2,1-4H3,(H,24,26)/t18-/m1/s1. The van der Waals surface area contributed by atoms with E-state index in [-0.39, 0.29) is 23.9 Å². The highest BCUT2D eigenvalue weighted by Gasteiger charge is 2.17. The van der Waals surface area contributed by atoms with Crippen molar-refractivity contribution < 1.29 is 4.79 Å². The van der Waals surface area contributed by atoms with E-state index in [2.05, 4.69) is 24.1 Å². The minimum atomic E-state index is -0.0681. The summed E-state index contributed by atoms with van der Waals surface area (Å²) in [6.07, 6.45) is 2.67. The molecule has 0 fully saturated rings. The number of carbonyl (C=O) groups excluding carboxylic acids is 1. The van der Waals surface area contributed by atoms with Gasteiger partial charge in [0.25, 0.3) is 5.56 Å². The third-order valence-electron chi connectivity index (χ3n) is 4.98.